The van der Waals surface area contributed by atoms with E-state index in [1.54, 1.807) is 12.1 Å². The summed E-state index contributed by atoms with van der Waals surface area (Å²) >= 11 is 0. The fourth-order valence-corrected chi connectivity index (χ4v) is 2.76. The van der Waals surface area contributed by atoms with Crippen LogP contribution in [0.2, 0.25) is 0 Å². The average Bonchev–Trinajstić information content (AvgIpc) is 2.59. The molecule has 0 spiro atoms. The van der Waals surface area contributed by atoms with Crippen LogP contribution in [0.5, 0.6) is 0 Å². The van der Waals surface area contributed by atoms with Gasteiger partial charge in [-0.05, 0) is 36.8 Å². The molecule has 1 aromatic rings. The Hall–Kier alpha value is -2.15. The Balaban J connectivity index is 2.17. The van der Waals surface area contributed by atoms with E-state index in [-0.39, 0.29) is 29.7 Å². The molecule has 1 fully saturated rings. The molecule has 24 heavy (non-hydrogen) atoms. The second-order valence-corrected chi connectivity index (χ2v) is 6.63. The number of piperidine rings is 1. The summed E-state index contributed by atoms with van der Waals surface area (Å²) in [6.45, 7) is 5.89. The molecule has 0 radical (unpaired) electrons. The minimum Gasteiger partial charge on any atom is -0.396 e. The van der Waals surface area contributed by atoms with Gasteiger partial charge in [0, 0.05) is 37.9 Å². The van der Waals surface area contributed by atoms with Crippen LogP contribution in [0.3, 0.4) is 0 Å². The van der Waals surface area contributed by atoms with E-state index in [4.69, 9.17) is 5.11 Å². The zero-order valence-corrected chi connectivity index (χ0v) is 14.2. The number of rotatable bonds is 6. The van der Waals surface area contributed by atoms with Gasteiger partial charge in [-0.3, -0.25) is 14.9 Å². The Morgan fingerprint density at radius 2 is 2.12 bits per heavy atom. The molecular weight excluding hydrogens is 310 g/mol. The lowest BCUT2D eigenvalue weighted by atomic mass is 9.98. The highest BCUT2D eigenvalue weighted by Crippen LogP contribution is 2.32. The fourth-order valence-electron chi connectivity index (χ4n) is 2.76. The van der Waals surface area contributed by atoms with Gasteiger partial charge in [-0.15, -0.1) is 0 Å². The molecule has 0 aromatic heterocycles. The summed E-state index contributed by atoms with van der Waals surface area (Å²) in [7, 11) is 0. The van der Waals surface area contributed by atoms with Crippen LogP contribution in [0.1, 0.15) is 37.0 Å². The number of aliphatic hydroxyl groups excluding tert-OH is 1. The van der Waals surface area contributed by atoms with E-state index in [0.29, 0.717) is 18.2 Å². The highest BCUT2D eigenvalue weighted by Gasteiger charge is 2.24. The largest absolute Gasteiger partial charge is 0.396 e. The smallest absolute Gasteiger partial charge is 0.293 e. The van der Waals surface area contributed by atoms with E-state index in [1.807, 2.05) is 11.8 Å². The van der Waals surface area contributed by atoms with Gasteiger partial charge in [-0.2, -0.15) is 0 Å². The summed E-state index contributed by atoms with van der Waals surface area (Å²) in [5.41, 5.74) is 0.806. The number of nitrogens with one attached hydrogen (secondary N) is 1. The third kappa shape index (κ3) is 4.44. The van der Waals surface area contributed by atoms with Crippen molar-refractivity contribution in [3.8, 4) is 0 Å². The third-order valence-corrected chi connectivity index (χ3v) is 4.48. The first kappa shape index (κ1) is 18.2. The standard InChI is InChI=1S/C17H25N3O4/c1-12-5-7-19(8-6-12)15-4-3-14(9-16(15)20(23)24)17(22)18-10-13(2)11-21/h3-4,9,12-13,21H,5-8,10-11H2,1-2H3,(H,18,22). The average molecular weight is 335 g/mol. The maximum Gasteiger partial charge on any atom is 0.293 e. The molecule has 1 amide bonds. The van der Waals surface area contributed by atoms with Crippen LogP contribution in [0.15, 0.2) is 18.2 Å². The molecule has 1 aromatic carbocycles. The van der Waals surface area contributed by atoms with Crippen LogP contribution in [0, 0.1) is 22.0 Å². The normalized spacial score (nSPS) is 16.7. The lowest BCUT2D eigenvalue weighted by molar-refractivity contribution is -0.384. The summed E-state index contributed by atoms with van der Waals surface area (Å²) in [5, 5.41) is 23.1. The van der Waals surface area contributed by atoms with E-state index in [2.05, 4.69) is 12.2 Å². The Bertz CT molecular complexity index is 597. The fraction of sp³-hybridized carbons (Fsp3) is 0.588. The van der Waals surface area contributed by atoms with Gasteiger partial charge in [0.05, 0.1) is 4.92 Å². The first-order chi connectivity index (χ1) is 11.4. The summed E-state index contributed by atoms with van der Waals surface area (Å²) in [5.74, 6) is 0.217. The van der Waals surface area contributed by atoms with Crippen LogP contribution in [0.4, 0.5) is 11.4 Å². The van der Waals surface area contributed by atoms with Crippen molar-refractivity contribution < 1.29 is 14.8 Å². The first-order valence-corrected chi connectivity index (χ1v) is 8.34. The van der Waals surface area contributed by atoms with Crippen LogP contribution in [-0.2, 0) is 0 Å². The highest BCUT2D eigenvalue weighted by atomic mass is 16.6. The lowest BCUT2D eigenvalue weighted by Gasteiger charge is -2.31. The molecule has 1 aliphatic heterocycles. The van der Waals surface area contributed by atoms with Crippen LogP contribution < -0.4 is 10.2 Å². The number of hydrogen-bond donors (Lipinski definition) is 2. The quantitative estimate of drug-likeness (QED) is 0.614. The van der Waals surface area contributed by atoms with Gasteiger partial charge in [0.1, 0.15) is 5.69 Å². The molecule has 7 heteroatoms. The summed E-state index contributed by atoms with van der Waals surface area (Å²) in [6, 6.07) is 4.63. The number of amides is 1. The van der Waals surface area contributed by atoms with Gasteiger partial charge in [0.25, 0.3) is 11.6 Å². The number of nitro groups is 1. The Morgan fingerprint density at radius 3 is 2.71 bits per heavy atom. The summed E-state index contributed by atoms with van der Waals surface area (Å²) in [4.78, 5) is 25.2. The molecule has 1 aliphatic rings. The SMILES string of the molecule is CC1CCN(c2ccc(C(=O)NCC(C)CO)cc2[N+](=O)[O-])CC1. The first-order valence-electron chi connectivity index (χ1n) is 8.34. The Morgan fingerprint density at radius 1 is 1.46 bits per heavy atom. The van der Waals surface area contributed by atoms with Crippen LogP contribution in [0.25, 0.3) is 0 Å². The van der Waals surface area contributed by atoms with Crippen molar-refractivity contribution >= 4 is 17.3 Å². The number of nitro benzene ring substituents is 1. The Kier molecular flexibility index (Phi) is 6.14. The molecule has 1 atom stereocenters. The minimum atomic E-state index is -0.430. The molecule has 132 valence electrons. The number of anilines is 1. The van der Waals surface area contributed by atoms with Gasteiger partial charge in [-0.25, -0.2) is 0 Å². The Labute approximate surface area is 141 Å². The zero-order valence-electron chi connectivity index (χ0n) is 14.2. The molecule has 0 bridgehead atoms. The summed E-state index contributed by atoms with van der Waals surface area (Å²) < 4.78 is 0. The molecule has 2 rings (SSSR count). The molecule has 1 saturated heterocycles. The van der Waals surface area contributed by atoms with E-state index >= 15 is 0 Å². The lowest BCUT2D eigenvalue weighted by Crippen LogP contribution is -2.33. The molecule has 2 N–H and O–H groups in total. The number of hydrogen-bond acceptors (Lipinski definition) is 5. The van der Waals surface area contributed by atoms with Crippen LogP contribution >= 0.6 is 0 Å². The van der Waals surface area contributed by atoms with Gasteiger partial charge < -0.3 is 15.3 Å². The number of benzene rings is 1. The molecule has 0 saturated carbocycles. The second kappa shape index (κ2) is 8.10. The van der Waals surface area contributed by atoms with E-state index in [0.717, 1.165) is 25.9 Å². The monoisotopic (exact) mass is 335 g/mol. The molecular formula is C17H25N3O4. The summed E-state index contributed by atoms with van der Waals surface area (Å²) in [6.07, 6.45) is 2.02. The molecule has 1 unspecified atom stereocenters. The number of carbonyl (C=O) groups excluding carboxylic acids is 1. The van der Waals surface area contributed by atoms with Crippen molar-refractivity contribution in [3.05, 3.63) is 33.9 Å². The molecule has 1 heterocycles. The van der Waals surface area contributed by atoms with Crippen molar-refractivity contribution in [2.24, 2.45) is 11.8 Å². The predicted octanol–water partition coefficient (Wildman–Crippen LogP) is 2.19. The second-order valence-electron chi connectivity index (χ2n) is 6.63. The number of aliphatic hydroxyl groups is 1. The van der Waals surface area contributed by atoms with Gasteiger partial charge in [0.15, 0.2) is 0 Å². The van der Waals surface area contributed by atoms with Crippen molar-refractivity contribution in [1.29, 1.82) is 0 Å². The van der Waals surface area contributed by atoms with Crippen molar-refractivity contribution in [1.82, 2.24) is 5.32 Å². The minimum absolute atomic E-state index is 0.0211. The van der Waals surface area contributed by atoms with Crippen molar-refractivity contribution in [3.63, 3.8) is 0 Å². The maximum atomic E-state index is 12.1. The highest BCUT2D eigenvalue weighted by molar-refractivity contribution is 5.95. The predicted molar refractivity (Wildman–Crippen MR) is 92.3 cm³/mol. The maximum absolute atomic E-state index is 12.1. The third-order valence-electron chi connectivity index (χ3n) is 4.48. The zero-order chi connectivity index (χ0) is 17.7. The van der Waals surface area contributed by atoms with Gasteiger partial charge in [0.2, 0.25) is 0 Å². The van der Waals surface area contributed by atoms with E-state index < -0.39 is 4.92 Å². The topological polar surface area (TPSA) is 95.7 Å². The van der Waals surface area contributed by atoms with Gasteiger partial charge >= 0.3 is 0 Å². The van der Waals surface area contributed by atoms with Crippen LogP contribution in [-0.4, -0.2) is 42.2 Å². The molecule has 7 nitrogen and oxygen atoms in total. The number of nitrogens with zero attached hydrogens (tertiary/aromatic N) is 2. The van der Waals surface area contributed by atoms with Crippen molar-refractivity contribution in [2.45, 2.75) is 26.7 Å². The van der Waals surface area contributed by atoms with Gasteiger partial charge in [-0.1, -0.05) is 13.8 Å². The van der Waals surface area contributed by atoms with E-state index in [1.165, 1.54) is 6.07 Å². The number of carbonyl (C=O) groups is 1. The van der Waals surface area contributed by atoms with E-state index in [9.17, 15) is 14.9 Å². The molecule has 0 aliphatic carbocycles. The van der Waals surface area contributed by atoms with Crippen molar-refractivity contribution in [2.75, 3.05) is 31.1 Å².